The van der Waals surface area contributed by atoms with Crippen LogP contribution in [0.2, 0.25) is 5.02 Å². The lowest BCUT2D eigenvalue weighted by Gasteiger charge is -2.36. The van der Waals surface area contributed by atoms with Gasteiger partial charge in [0.25, 0.3) is 5.91 Å². The first kappa shape index (κ1) is 24.0. The number of hydrogen-bond acceptors (Lipinski definition) is 6. The number of amides is 2. The molecule has 0 radical (unpaired) electrons. The van der Waals surface area contributed by atoms with Crippen molar-refractivity contribution in [1.29, 1.82) is 0 Å². The Morgan fingerprint density at radius 3 is 2.82 bits per heavy atom. The minimum Gasteiger partial charge on any atom is -0.495 e. The zero-order valence-electron chi connectivity index (χ0n) is 19.4. The smallest absolute Gasteiger partial charge is 0.268 e. The van der Waals surface area contributed by atoms with E-state index < -0.39 is 12.1 Å². The predicted octanol–water partition coefficient (Wildman–Crippen LogP) is 5.57. The van der Waals surface area contributed by atoms with Crippen molar-refractivity contribution in [2.24, 2.45) is 0 Å². The Hall–Kier alpha value is -3.10. The first-order valence-electron chi connectivity index (χ1n) is 11.0. The average Bonchev–Trinajstić information content (AvgIpc) is 3.28. The van der Waals surface area contributed by atoms with Crippen molar-refractivity contribution in [1.82, 2.24) is 4.98 Å². The molecule has 2 unspecified atom stereocenters. The van der Waals surface area contributed by atoms with E-state index in [1.165, 1.54) is 12.0 Å². The first-order valence-corrected chi connectivity index (χ1v) is 12.3. The molecule has 178 valence electrons. The Morgan fingerprint density at radius 2 is 2.12 bits per heavy atom. The number of carbonyl (C=O) groups excluding carboxylic acids is 2. The van der Waals surface area contributed by atoms with Crippen molar-refractivity contribution in [3.05, 3.63) is 51.8 Å². The van der Waals surface area contributed by atoms with Gasteiger partial charge in [0.2, 0.25) is 5.91 Å². The summed E-state index contributed by atoms with van der Waals surface area (Å²) in [6.45, 7) is 5.49. The highest BCUT2D eigenvalue weighted by atomic mass is 35.5. The lowest BCUT2D eigenvalue weighted by Crippen LogP contribution is -2.52. The van der Waals surface area contributed by atoms with Crippen molar-refractivity contribution in [3.8, 4) is 22.8 Å². The molecule has 7 nitrogen and oxygen atoms in total. The lowest BCUT2D eigenvalue weighted by molar-refractivity contribution is -0.128. The number of nitrogens with zero attached hydrogens (tertiary/aromatic N) is 2. The fourth-order valence-electron chi connectivity index (χ4n) is 3.80. The SMILES string of the molecule is CCCc1nc(-c2ccc3c(c2)N(C(C)C(=O)Nc2ccc(OC)c(Cl)c2)C(=O)C(C)O3)cs1. The van der Waals surface area contributed by atoms with Crippen molar-refractivity contribution in [3.63, 3.8) is 0 Å². The molecule has 0 saturated heterocycles. The number of carbonyl (C=O) groups is 2. The Kier molecular flexibility index (Phi) is 7.09. The topological polar surface area (TPSA) is 80.8 Å². The number of fused-ring (bicyclic) bond motifs is 1. The van der Waals surface area contributed by atoms with E-state index in [4.69, 9.17) is 26.1 Å². The van der Waals surface area contributed by atoms with E-state index in [1.807, 2.05) is 23.6 Å². The van der Waals surface area contributed by atoms with Gasteiger partial charge in [0, 0.05) is 16.6 Å². The molecular formula is C25H26ClN3O4S. The van der Waals surface area contributed by atoms with Gasteiger partial charge in [-0.05, 0) is 63.1 Å². The summed E-state index contributed by atoms with van der Waals surface area (Å²) in [5.41, 5.74) is 2.76. The predicted molar refractivity (Wildman–Crippen MR) is 135 cm³/mol. The monoisotopic (exact) mass is 499 g/mol. The van der Waals surface area contributed by atoms with Crippen LogP contribution in [0.5, 0.6) is 11.5 Å². The Bertz CT molecular complexity index is 1230. The van der Waals surface area contributed by atoms with Gasteiger partial charge < -0.3 is 14.8 Å². The molecule has 2 atom stereocenters. The van der Waals surface area contributed by atoms with Crippen LogP contribution in [0.1, 0.15) is 32.2 Å². The Morgan fingerprint density at radius 1 is 1.32 bits per heavy atom. The van der Waals surface area contributed by atoms with Gasteiger partial charge in [-0.1, -0.05) is 18.5 Å². The van der Waals surface area contributed by atoms with Crippen LogP contribution in [0, 0.1) is 0 Å². The van der Waals surface area contributed by atoms with Crippen molar-refractivity contribution >= 4 is 46.1 Å². The van der Waals surface area contributed by atoms with E-state index in [0.717, 1.165) is 29.1 Å². The lowest BCUT2D eigenvalue weighted by atomic mass is 10.1. The number of anilines is 2. The van der Waals surface area contributed by atoms with Crippen LogP contribution in [-0.2, 0) is 16.0 Å². The number of benzene rings is 2. The molecule has 1 aliphatic heterocycles. The number of methoxy groups -OCH3 is 1. The molecule has 1 N–H and O–H groups in total. The molecule has 4 rings (SSSR count). The highest BCUT2D eigenvalue weighted by Crippen LogP contribution is 2.39. The van der Waals surface area contributed by atoms with Gasteiger partial charge in [-0.25, -0.2) is 4.98 Å². The van der Waals surface area contributed by atoms with Gasteiger partial charge in [-0.3, -0.25) is 14.5 Å². The molecule has 1 aromatic heterocycles. The van der Waals surface area contributed by atoms with Gasteiger partial charge in [0.15, 0.2) is 6.10 Å². The molecule has 9 heteroatoms. The minimum absolute atomic E-state index is 0.287. The summed E-state index contributed by atoms with van der Waals surface area (Å²) < 4.78 is 11.0. The number of halogens is 1. The van der Waals surface area contributed by atoms with Crippen LogP contribution in [0.3, 0.4) is 0 Å². The molecular weight excluding hydrogens is 474 g/mol. The van der Waals surface area contributed by atoms with E-state index in [2.05, 4.69) is 12.2 Å². The average molecular weight is 500 g/mol. The summed E-state index contributed by atoms with van der Waals surface area (Å²) in [7, 11) is 1.52. The Labute approximate surface area is 207 Å². The molecule has 2 aromatic carbocycles. The van der Waals surface area contributed by atoms with Crippen molar-refractivity contribution in [2.45, 2.75) is 45.8 Å². The molecule has 0 fully saturated rings. The van der Waals surface area contributed by atoms with Gasteiger partial charge in [-0.2, -0.15) is 0 Å². The van der Waals surface area contributed by atoms with Crippen molar-refractivity contribution in [2.75, 3.05) is 17.3 Å². The standard InChI is InChI=1S/C25H26ClN3O4S/c1-5-6-23-28-19(13-34-23)16-7-9-22-20(11-16)29(25(31)15(3)33-22)14(2)24(30)27-17-8-10-21(32-4)18(26)12-17/h7-15H,5-6H2,1-4H3,(H,27,30). The highest BCUT2D eigenvalue weighted by Gasteiger charge is 2.37. The highest BCUT2D eigenvalue weighted by molar-refractivity contribution is 7.09. The van der Waals surface area contributed by atoms with Crippen LogP contribution < -0.4 is 19.7 Å². The van der Waals surface area contributed by atoms with Crippen LogP contribution in [-0.4, -0.2) is 36.1 Å². The number of aromatic nitrogens is 1. The van der Waals surface area contributed by atoms with E-state index >= 15 is 0 Å². The zero-order valence-corrected chi connectivity index (χ0v) is 21.0. The maximum absolute atomic E-state index is 13.1. The van der Waals surface area contributed by atoms with Crippen LogP contribution in [0.15, 0.2) is 41.8 Å². The number of nitrogens with one attached hydrogen (secondary N) is 1. The van der Waals surface area contributed by atoms with Crippen LogP contribution >= 0.6 is 22.9 Å². The number of thiazole rings is 1. The summed E-state index contributed by atoms with van der Waals surface area (Å²) >= 11 is 7.80. The summed E-state index contributed by atoms with van der Waals surface area (Å²) in [4.78, 5) is 32.5. The van der Waals surface area contributed by atoms with E-state index in [1.54, 1.807) is 43.4 Å². The second kappa shape index (κ2) is 10.0. The number of hydrogen-bond donors (Lipinski definition) is 1. The van der Waals surface area contributed by atoms with Gasteiger partial charge in [-0.15, -0.1) is 11.3 Å². The molecule has 1 aliphatic rings. The van der Waals surface area contributed by atoms with Gasteiger partial charge in [0.1, 0.15) is 17.5 Å². The molecule has 34 heavy (non-hydrogen) atoms. The number of aryl methyl sites for hydroxylation is 1. The van der Waals surface area contributed by atoms with E-state index in [0.29, 0.717) is 27.9 Å². The maximum atomic E-state index is 13.1. The fraction of sp³-hybridized carbons (Fsp3) is 0.320. The maximum Gasteiger partial charge on any atom is 0.268 e. The summed E-state index contributed by atoms with van der Waals surface area (Å²) in [5.74, 6) is 0.423. The third kappa shape index (κ3) is 4.74. The third-order valence-electron chi connectivity index (χ3n) is 5.60. The Balaban J connectivity index is 1.63. The second-order valence-corrected chi connectivity index (χ2v) is 9.39. The molecule has 0 aliphatic carbocycles. The molecule has 0 bridgehead atoms. The zero-order chi connectivity index (χ0) is 24.4. The second-order valence-electron chi connectivity index (χ2n) is 8.04. The number of rotatable bonds is 7. The molecule has 2 heterocycles. The number of ether oxygens (including phenoxy) is 2. The molecule has 2 amide bonds. The van der Waals surface area contributed by atoms with Gasteiger partial charge in [0.05, 0.1) is 28.5 Å². The van der Waals surface area contributed by atoms with Gasteiger partial charge >= 0.3 is 0 Å². The largest absolute Gasteiger partial charge is 0.495 e. The third-order valence-corrected chi connectivity index (χ3v) is 6.81. The fourth-order valence-corrected chi connectivity index (χ4v) is 4.97. The summed E-state index contributed by atoms with van der Waals surface area (Å²) in [5, 5.41) is 6.29. The first-order chi connectivity index (χ1) is 16.3. The molecule has 0 saturated carbocycles. The molecule has 0 spiro atoms. The normalized spacial score (nSPS) is 16.0. The van der Waals surface area contributed by atoms with E-state index in [-0.39, 0.29) is 11.8 Å². The summed E-state index contributed by atoms with van der Waals surface area (Å²) in [6.07, 6.45) is 1.24. The minimum atomic E-state index is -0.792. The van der Waals surface area contributed by atoms with Crippen LogP contribution in [0.25, 0.3) is 11.3 Å². The van der Waals surface area contributed by atoms with E-state index in [9.17, 15) is 9.59 Å². The quantitative estimate of drug-likeness (QED) is 0.460. The molecule has 3 aromatic rings. The van der Waals surface area contributed by atoms with Crippen LogP contribution in [0.4, 0.5) is 11.4 Å². The van der Waals surface area contributed by atoms with Crippen molar-refractivity contribution < 1.29 is 19.1 Å². The summed E-state index contributed by atoms with van der Waals surface area (Å²) in [6, 6.07) is 9.80.